The van der Waals surface area contributed by atoms with Crippen LogP contribution in [0.15, 0.2) is 46.3 Å². The summed E-state index contributed by atoms with van der Waals surface area (Å²) in [5.74, 6) is 1.02. The molecule has 0 atom stereocenters. The molecule has 0 unspecified atom stereocenters. The number of carbonyl (C=O) groups is 1. The Balaban J connectivity index is 1.72. The molecule has 1 heterocycles. The van der Waals surface area contributed by atoms with Crippen LogP contribution in [0, 0.1) is 0 Å². The Morgan fingerprint density at radius 3 is 2.61 bits per heavy atom. The van der Waals surface area contributed by atoms with Gasteiger partial charge >= 0.3 is 0 Å². The topological polar surface area (TPSA) is 26.3 Å². The molecule has 0 bridgehead atoms. The molecule has 1 aromatic heterocycles. The average molecular weight is 325 g/mol. The van der Waals surface area contributed by atoms with Gasteiger partial charge in [-0.2, -0.15) is 0 Å². The molecule has 0 aliphatic rings. The van der Waals surface area contributed by atoms with Crippen LogP contribution in [0.5, 0.6) is 5.75 Å². The zero-order valence-corrected chi connectivity index (χ0v) is 12.2. The summed E-state index contributed by atoms with van der Waals surface area (Å²) in [5, 5.41) is 0. The molecule has 18 heavy (non-hydrogen) atoms. The van der Waals surface area contributed by atoms with Crippen molar-refractivity contribution in [2.45, 2.75) is 12.8 Å². The minimum Gasteiger partial charge on any atom is -0.493 e. The lowest BCUT2D eigenvalue weighted by molar-refractivity contribution is -0.118. The lowest BCUT2D eigenvalue weighted by Gasteiger charge is -2.04. The standard InChI is InChI=1S/C14H13BrO2S/c15-14-7-6-13(18-14)10-11(16)8-9-17-12-4-2-1-3-5-12/h1-7H,8-10H2. The number of halogens is 1. The fraction of sp³-hybridized carbons (Fsp3) is 0.214. The van der Waals surface area contributed by atoms with Crippen LogP contribution in [-0.2, 0) is 11.2 Å². The van der Waals surface area contributed by atoms with Crippen molar-refractivity contribution in [1.29, 1.82) is 0 Å². The van der Waals surface area contributed by atoms with E-state index in [4.69, 9.17) is 4.74 Å². The molecule has 0 aliphatic heterocycles. The van der Waals surface area contributed by atoms with E-state index in [1.165, 1.54) is 0 Å². The van der Waals surface area contributed by atoms with Crippen molar-refractivity contribution < 1.29 is 9.53 Å². The molecular weight excluding hydrogens is 312 g/mol. The molecule has 4 heteroatoms. The van der Waals surface area contributed by atoms with E-state index in [2.05, 4.69) is 15.9 Å². The van der Waals surface area contributed by atoms with Crippen LogP contribution in [0.4, 0.5) is 0 Å². The lowest BCUT2D eigenvalue weighted by atomic mass is 10.2. The third-order valence-electron chi connectivity index (χ3n) is 2.39. The molecule has 0 amide bonds. The van der Waals surface area contributed by atoms with Gasteiger partial charge in [0.2, 0.25) is 0 Å². The Bertz CT molecular complexity index is 508. The summed E-state index contributed by atoms with van der Waals surface area (Å²) in [6.45, 7) is 0.440. The molecule has 0 fully saturated rings. The molecule has 0 radical (unpaired) electrons. The number of thiophene rings is 1. The van der Waals surface area contributed by atoms with Crippen LogP contribution in [0.3, 0.4) is 0 Å². The van der Waals surface area contributed by atoms with Gasteiger partial charge in [0.05, 0.1) is 10.4 Å². The Hall–Kier alpha value is -1.13. The van der Waals surface area contributed by atoms with E-state index in [0.29, 0.717) is 19.4 Å². The number of Topliss-reactive ketones (excluding diaryl/α,β-unsaturated/α-hetero) is 1. The summed E-state index contributed by atoms with van der Waals surface area (Å²) in [6, 6.07) is 13.5. The highest BCUT2D eigenvalue weighted by Crippen LogP contribution is 2.22. The Labute approximate surface area is 119 Å². The van der Waals surface area contributed by atoms with Crippen LogP contribution in [-0.4, -0.2) is 12.4 Å². The third-order valence-corrected chi connectivity index (χ3v) is 4.02. The number of ketones is 1. The highest BCUT2D eigenvalue weighted by Gasteiger charge is 2.06. The first kappa shape index (κ1) is 13.3. The third kappa shape index (κ3) is 4.27. The molecule has 0 aliphatic carbocycles. The summed E-state index contributed by atoms with van der Waals surface area (Å²) in [5.41, 5.74) is 0. The predicted octanol–water partition coefficient (Wildman–Crippen LogP) is 4.09. The number of rotatable bonds is 6. The van der Waals surface area contributed by atoms with Gasteiger partial charge in [0.15, 0.2) is 0 Å². The molecule has 0 saturated heterocycles. The van der Waals surface area contributed by atoms with Gasteiger partial charge in [-0.25, -0.2) is 0 Å². The smallest absolute Gasteiger partial charge is 0.141 e. The van der Waals surface area contributed by atoms with Crippen molar-refractivity contribution in [2.75, 3.05) is 6.61 Å². The summed E-state index contributed by atoms with van der Waals surface area (Å²) in [4.78, 5) is 12.8. The first-order valence-corrected chi connectivity index (χ1v) is 7.29. The quantitative estimate of drug-likeness (QED) is 0.799. The molecule has 2 aromatic rings. The average Bonchev–Trinajstić information content (AvgIpc) is 2.76. The first-order valence-electron chi connectivity index (χ1n) is 5.68. The van der Waals surface area contributed by atoms with E-state index in [9.17, 15) is 4.79 Å². The maximum Gasteiger partial charge on any atom is 0.141 e. The van der Waals surface area contributed by atoms with Crippen LogP contribution in [0.2, 0.25) is 0 Å². The second-order valence-corrected chi connectivity index (χ2v) is 6.38. The molecular formula is C14H13BrO2S. The van der Waals surface area contributed by atoms with Crippen molar-refractivity contribution in [3.05, 3.63) is 51.1 Å². The molecule has 2 nitrogen and oxygen atoms in total. The molecule has 0 saturated carbocycles. The van der Waals surface area contributed by atoms with Crippen molar-refractivity contribution in [1.82, 2.24) is 0 Å². The largest absolute Gasteiger partial charge is 0.493 e. The zero-order valence-electron chi connectivity index (χ0n) is 9.77. The summed E-state index contributed by atoms with van der Waals surface area (Å²) in [7, 11) is 0. The van der Waals surface area contributed by atoms with Gasteiger partial charge in [0.25, 0.3) is 0 Å². The number of hydrogen-bond acceptors (Lipinski definition) is 3. The molecule has 0 spiro atoms. The number of benzene rings is 1. The minimum absolute atomic E-state index is 0.209. The zero-order chi connectivity index (χ0) is 12.8. The summed E-state index contributed by atoms with van der Waals surface area (Å²) < 4.78 is 6.55. The number of carbonyl (C=O) groups excluding carboxylic acids is 1. The lowest BCUT2D eigenvalue weighted by Crippen LogP contribution is -2.08. The van der Waals surface area contributed by atoms with Gasteiger partial charge in [-0.1, -0.05) is 18.2 Å². The van der Waals surface area contributed by atoms with Crippen LogP contribution in [0.1, 0.15) is 11.3 Å². The van der Waals surface area contributed by atoms with E-state index in [1.54, 1.807) is 11.3 Å². The highest BCUT2D eigenvalue weighted by atomic mass is 79.9. The van der Waals surface area contributed by atoms with Gasteiger partial charge in [0, 0.05) is 17.7 Å². The van der Waals surface area contributed by atoms with Gasteiger partial charge in [0.1, 0.15) is 11.5 Å². The van der Waals surface area contributed by atoms with Gasteiger partial charge < -0.3 is 4.74 Å². The van der Waals surface area contributed by atoms with Crippen LogP contribution < -0.4 is 4.74 Å². The maximum absolute atomic E-state index is 11.7. The predicted molar refractivity (Wildman–Crippen MR) is 77.3 cm³/mol. The van der Waals surface area contributed by atoms with E-state index in [-0.39, 0.29) is 5.78 Å². The second-order valence-electron chi connectivity index (χ2n) is 3.83. The summed E-state index contributed by atoms with van der Waals surface area (Å²) in [6.07, 6.45) is 0.943. The van der Waals surface area contributed by atoms with Gasteiger partial charge in [-0.05, 0) is 40.2 Å². The minimum atomic E-state index is 0.209. The number of hydrogen-bond donors (Lipinski definition) is 0. The Morgan fingerprint density at radius 1 is 1.17 bits per heavy atom. The van der Waals surface area contributed by atoms with E-state index in [1.807, 2.05) is 42.5 Å². The van der Waals surface area contributed by atoms with Gasteiger partial charge in [-0.3, -0.25) is 4.79 Å². The van der Waals surface area contributed by atoms with Crippen LogP contribution >= 0.6 is 27.3 Å². The summed E-state index contributed by atoms with van der Waals surface area (Å²) >= 11 is 4.99. The van der Waals surface area contributed by atoms with Crippen LogP contribution in [0.25, 0.3) is 0 Å². The maximum atomic E-state index is 11.7. The SMILES string of the molecule is O=C(CCOc1ccccc1)Cc1ccc(Br)s1. The van der Waals surface area contributed by atoms with E-state index in [0.717, 1.165) is 14.4 Å². The normalized spacial score (nSPS) is 10.3. The van der Waals surface area contributed by atoms with Gasteiger partial charge in [-0.15, -0.1) is 11.3 Å². The monoisotopic (exact) mass is 324 g/mol. The molecule has 94 valence electrons. The fourth-order valence-corrected chi connectivity index (χ4v) is 3.04. The first-order chi connectivity index (χ1) is 8.74. The molecule has 0 N–H and O–H groups in total. The number of para-hydroxylation sites is 1. The number of ether oxygens (including phenoxy) is 1. The van der Waals surface area contributed by atoms with Crippen molar-refractivity contribution in [3.63, 3.8) is 0 Å². The van der Waals surface area contributed by atoms with Crippen molar-refractivity contribution in [2.24, 2.45) is 0 Å². The fourth-order valence-electron chi connectivity index (χ4n) is 1.53. The molecule has 2 rings (SSSR count). The second kappa shape index (κ2) is 6.71. The van der Waals surface area contributed by atoms with E-state index < -0.39 is 0 Å². The highest BCUT2D eigenvalue weighted by molar-refractivity contribution is 9.11. The Kier molecular flexibility index (Phi) is 4.96. The molecule has 1 aromatic carbocycles. The van der Waals surface area contributed by atoms with Crippen molar-refractivity contribution in [3.8, 4) is 5.75 Å². The van der Waals surface area contributed by atoms with Crippen molar-refractivity contribution >= 4 is 33.0 Å². The van der Waals surface area contributed by atoms with E-state index >= 15 is 0 Å². The Morgan fingerprint density at radius 2 is 1.94 bits per heavy atom.